The van der Waals surface area contributed by atoms with Crippen LogP contribution in [0.2, 0.25) is 5.02 Å². The van der Waals surface area contributed by atoms with Crippen LogP contribution < -0.4 is 5.32 Å². The Morgan fingerprint density at radius 3 is 2.56 bits per heavy atom. The van der Waals surface area contributed by atoms with Crippen LogP contribution in [0, 0.1) is 0 Å². The van der Waals surface area contributed by atoms with E-state index in [4.69, 9.17) is 11.6 Å². The molecule has 0 radical (unpaired) electrons. The van der Waals surface area contributed by atoms with Crippen LogP contribution in [-0.2, 0) is 12.7 Å². The van der Waals surface area contributed by atoms with Crippen molar-refractivity contribution < 1.29 is 18.0 Å². The maximum Gasteiger partial charge on any atom is 0.417 e. The second-order valence-electron chi connectivity index (χ2n) is 6.25. The number of aromatic nitrogens is 1. The van der Waals surface area contributed by atoms with Crippen LogP contribution in [-0.4, -0.2) is 47.0 Å². The molecule has 144 valence electrons. The SMILES string of the molecule is O=C(Nc1ccc(Cl)c(C(F)(F)F)c1)N1CCN(Cc2cccnc2)CC1. The number of pyridine rings is 1. The highest BCUT2D eigenvalue weighted by Gasteiger charge is 2.33. The summed E-state index contributed by atoms with van der Waals surface area (Å²) in [6, 6.07) is 6.77. The molecule has 2 heterocycles. The van der Waals surface area contributed by atoms with Gasteiger partial charge in [0.2, 0.25) is 0 Å². The first-order valence-electron chi connectivity index (χ1n) is 8.37. The van der Waals surface area contributed by atoms with Crippen LogP contribution in [0.4, 0.5) is 23.7 Å². The Balaban J connectivity index is 1.55. The second-order valence-corrected chi connectivity index (χ2v) is 6.65. The molecule has 0 atom stereocenters. The van der Waals surface area contributed by atoms with Crippen molar-refractivity contribution in [1.29, 1.82) is 0 Å². The number of alkyl halides is 3. The minimum Gasteiger partial charge on any atom is -0.322 e. The van der Waals surface area contributed by atoms with E-state index in [0.717, 1.165) is 24.2 Å². The zero-order valence-corrected chi connectivity index (χ0v) is 15.1. The lowest BCUT2D eigenvalue weighted by Crippen LogP contribution is -2.49. The Bertz CT molecular complexity index is 793. The highest BCUT2D eigenvalue weighted by Crippen LogP contribution is 2.36. The van der Waals surface area contributed by atoms with Gasteiger partial charge in [-0.2, -0.15) is 13.2 Å². The zero-order chi connectivity index (χ0) is 19.4. The van der Waals surface area contributed by atoms with Crippen molar-refractivity contribution in [3.63, 3.8) is 0 Å². The van der Waals surface area contributed by atoms with Crippen molar-refractivity contribution in [3.8, 4) is 0 Å². The lowest BCUT2D eigenvalue weighted by molar-refractivity contribution is -0.137. The molecule has 0 aliphatic carbocycles. The van der Waals surface area contributed by atoms with Crippen molar-refractivity contribution in [3.05, 3.63) is 58.9 Å². The number of anilines is 1. The Morgan fingerprint density at radius 2 is 1.93 bits per heavy atom. The molecule has 27 heavy (non-hydrogen) atoms. The quantitative estimate of drug-likeness (QED) is 0.846. The molecule has 0 saturated carbocycles. The van der Waals surface area contributed by atoms with Crippen molar-refractivity contribution in [2.75, 3.05) is 31.5 Å². The minimum absolute atomic E-state index is 0.0644. The number of urea groups is 1. The molecule has 9 heteroatoms. The number of amides is 2. The topological polar surface area (TPSA) is 48.5 Å². The maximum absolute atomic E-state index is 12.9. The monoisotopic (exact) mass is 398 g/mol. The number of halogens is 4. The van der Waals surface area contributed by atoms with Crippen molar-refractivity contribution >= 4 is 23.3 Å². The predicted molar refractivity (Wildman–Crippen MR) is 96.6 cm³/mol. The van der Waals surface area contributed by atoms with E-state index >= 15 is 0 Å². The Morgan fingerprint density at radius 1 is 1.19 bits per heavy atom. The Hall–Kier alpha value is -2.32. The first kappa shape index (κ1) is 19.4. The number of carbonyl (C=O) groups is 1. The van der Waals surface area contributed by atoms with E-state index in [0.29, 0.717) is 26.2 Å². The van der Waals surface area contributed by atoms with E-state index in [9.17, 15) is 18.0 Å². The summed E-state index contributed by atoms with van der Waals surface area (Å²) in [4.78, 5) is 20.2. The summed E-state index contributed by atoms with van der Waals surface area (Å²) < 4.78 is 38.8. The van der Waals surface area contributed by atoms with Gasteiger partial charge in [0, 0.05) is 50.8 Å². The fourth-order valence-electron chi connectivity index (χ4n) is 2.88. The summed E-state index contributed by atoms with van der Waals surface area (Å²) in [5.74, 6) is 0. The lowest BCUT2D eigenvalue weighted by atomic mass is 10.2. The van der Waals surface area contributed by atoms with E-state index < -0.39 is 22.8 Å². The molecule has 5 nitrogen and oxygen atoms in total. The van der Waals surface area contributed by atoms with Gasteiger partial charge in [0.05, 0.1) is 10.6 Å². The molecule has 0 unspecified atom stereocenters. The number of piperazine rings is 1. The lowest BCUT2D eigenvalue weighted by Gasteiger charge is -2.34. The van der Waals surface area contributed by atoms with Gasteiger partial charge in [0.15, 0.2) is 0 Å². The molecule has 2 aromatic rings. The molecule has 1 saturated heterocycles. The summed E-state index contributed by atoms with van der Waals surface area (Å²) in [6.45, 7) is 3.08. The van der Waals surface area contributed by atoms with E-state index in [2.05, 4.69) is 15.2 Å². The van der Waals surface area contributed by atoms with Crippen molar-refractivity contribution in [2.24, 2.45) is 0 Å². The standard InChI is InChI=1S/C18H18ClF3N4O/c19-16-4-3-14(10-15(16)18(20,21)22)24-17(27)26-8-6-25(7-9-26)12-13-2-1-5-23-11-13/h1-5,10-11H,6-9,12H2,(H,24,27). The first-order chi connectivity index (χ1) is 12.8. The minimum atomic E-state index is -4.57. The summed E-state index contributed by atoms with van der Waals surface area (Å²) >= 11 is 5.60. The second kappa shape index (κ2) is 8.14. The van der Waals surface area contributed by atoms with Crippen LogP contribution in [0.1, 0.15) is 11.1 Å². The molecule has 2 amide bonds. The highest BCUT2D eigenvalue weighted by molar-refractivity contribution is 6.31. The number of nitrogens with zero attached hydrogens (tertiary/aromatic N) is 3. The van der Waals surface area contributed by atoms with Crippen LogP contribution in [0.15, 0.2) is 42.7 Å². The number of hydrogen-bond donors (Lipinski definition) is 1. The van der Waals surface area contributed by atoms with Gasteiger partial charge >= 0.3 is 12.2 Å². The summed E-state index contributed by atoms with van der Waals surface area (Å²) in [5, 5.41) is 2.12. The molecule has 1 aromatic heterocycles. The average molecular weight is 399 g/mol. The van der Waals surface area contributed by atoms with Gasteiger partial charge in [-0.05, 0) is 29.8 Å². The molecular weight excluding hydrogens is 381 g/mol. The zero-order valence-electron chi connectivity index (χ0n) is 14.3. The number of benzene rings is 1. The third-order valence-electron chi connectivity index (χ3n) is 4.31. The molecule has 0 bridgehead atoms. The van der Waals surface area contributed by atoms with Gasteiger partial charge in [-0.1, -0.05) is 17.7 Å². The number of nitrogens with one attached hydrogen (secondary N) is 1. The smallest absolute Gasteiger partial charge is 0.322 e. The number of hydrogen-bond acceptors (Lipinski definition) is 3. The Kier molecular flexibility index (Phi) is 5.86. The average Bonchev–Trinajstić information content (AvgIpc) is 2.64. The Labute approximate surface area is 159 Å². The molecule has 1 aliphatic rings. The first-order valence-corrected chi connectivity index (χ1v) is 8.74. The van der Waals surface area contributed by atoms with E-state index in [1.807, 2.05) is 12.1 Å². The van der Waals surface area contributed by atoms with Gasteiger partial charge in [0.1, 0.15) is 0 Å². The normalized spacial score (nSPS) is 15.6. The van der Waals surface area contributed by atoms with Crippen LogP contribution in [0.5, 0.6) is 0 Å². The molecule has 0 spiro atoms. The molecule has 1 aromatic carbocycles. The third kappa shape index (κ3) is 5.11. The fourth-order valence-corrected chi connectivity index (χ4v) is 3.11. The number of rotatable bonds is 3. The molecule has 1 fully saturated rings. The molecule has 3 rings (SSSR count). The van der Waals surface area contributed by atoms with Crippen molar-refractivity contribution in [1.82, 2.24) is 14.8 Å². The molecule has 1 aliphatic heterocycles. The van der Waals surface area contributed by atoms with Crippen LogP contribution >= 0.6 is 11.6 Å². The third-order valence-corrected chi connectivity index (χ3v) is 4.64. The number of carbonyl (C=O) groups excluding carboxylic acids is 1. The molecule has 1 N–H and O–H groups in total. The van der Waals surface area contributed by atoms with Gasteiger partial charge < -0.3 is 10.2 Å². The van der Waals surface area contributed by atoms with Crippen molar-refractivity contribution in [2.45, 2.75) is 12.7 Å². The summed E-state index contributed by atoms with van der Waals surface area (Å²) in [7, 11) is 0. The van der Waals surface area contributed by atoms with E-state index in [-0.39, 0.29) is 5.69 Å². The van der Waals surface area contributed by atoms with Crippen LogP contribution in [0.25, 0.3) is 0 Å². The highest BCUT2D eigenvalue weighted by atomic mass is 35.5. The predicted octanol–water partition coefficient (Wildman–Crippen LogP) is 4.10. The van der Waals surface area contributed by atoms with Crippen LogP contribution in [0.3, 0.4) is 0 Å². The summed E-state index contributed by atoms with van der Waals surface area (Å²) in [5.41, 5.74) is 0.189. The van der Waals surface area contributed by atoms with Gasteiger partial charge in [0.25, 0.3) is 0 Å². The maximum atomic E-state index is 12.9. The van der Waals surface area contributed by atoms with Gasteiger partial charge in [-0.3, -0.25) is 9.88 Å². The van der Waals surface area contributed by atoms with Gasteiger partial charge in [-0.25, -0.2) is 4.79 Å². The largest absolute Gasteiger partial charge is 0.417 e. The van der Waals surface area contributed by atoms with E-state index in [1.54, 1.807) is 17.3 Å². The fraction of sp³-hybridized carbons (Fsp3) is 0.333. The van der Waals surface area contributed by atoms with E-state index in [1.165, 1.54) is 6.07 Å². The molecular formula is C18H18ClF3N4O. The van der Waals surface area contributed by atoms with Gasteiger partial charge in [-0.15, -0.1) is 0 Å². The summed E-state index contributed by atoms with van der Waals surface area (Å²) in [6.07, 6.45) is -1.06.